The van der Waals surface area contributed by atoms with Crippen LogP contribution in [0.2, 0.25) is 0 Å². The van der Waals surface area contributed by atoms with Crippen molar-refractivity contribution in [2.24, 2.45) is 5.92 Å². The molecule has 1 fully saturated rings. The number of piperidine rings is 1. The molecule has 0 N–H and O–H groups in total. The van der Waals surface area contributed by atoms with Gasteiger partial charge >= 0.3 is 0 Å². The number of nitrogens with zero attached hydrogens (tertiary/aromatic N) is 2. The lowest BCUT2D eigenvalue weighted by molar-refractivity contribution is -0.136. The number of amides is 2. The van der Waals surface area contributed by atoms with Gasteiger partial charge in [-0.1, -0.05) is 22.0 Å². The van der Waals surface area contributed by atoms with E-state index in [1.807, 2.05) is 47.7 Å². The molecule has 3 rings (SSSR count). The second kappa shape index (κ2) is 8.89. The molecule has 0 bridgehead atoms. The molecule has 1 unspecified atom stereocenters. The maximum atomic E-state index is 13.0. The van der Waals surface area contributed by atoms with Crippen LogP contribution in [0.15, 0.2) is 40.2 Å². The highest BCUT2D eigenvalue weighted by molar-refractivity contribution is 9.10. The summed E-state index contributed by atoms with van der Waals surface area (Å²) < 4.78 is 6.35. The standard InChI is InChI=1S/C20H23BrN2O3S/c1-22(12-15-11-16(21)7-8-17(15)26-2)19(24)14-5-3-9-23(13-14)20(25)18-6-4-10-27-18/h4,6-8,10-11,14H,3,5,9,12-13H2,1-2H3. The highest BCUT2D eigenvalue weighted by Gasteiger charge is 2.31. The molecule has 1 aromatic carbocycles. The van der Waals surface area contributed by atoms with Crippen LogP contribution < -0.4 is 4.74 Å². The zero-order valence-corrected chi connectivity index (χ0v) is 17.9. The fourth-order valence-corrected chi connectivity index (χ4v) is 4.53. The largest absolute Gasteiger partial charge is 0.496 e. The van der Waals surface area contributed by atoms with Crippen molar-refractivity contribution in [3.8, 4) is 5.75 Å². The lowest BCUT2D eigenvalue weighted by Crippen LogP contribution is -2.45. The molecule has 2 heterocycles. The number of hydrogen-bond acceptors (Lipinski definition) is 4. The van der Waals surface area contributed by atoms with Gasteiger partial charge < -0.3 is 14.5 Å². The summed E-state index contributed by atoms with van der Waals surface area (Å²) in [6.45, 7) is 1.66. The Morgan fingerprint density at radius 3 is 2.89 bits per heavy atom. The van der Waals surface area contributed by atoms with Crippen LogP contribution in [-0.4, -0.2) is 48.9 Å². The summed E-state index contributed by atoms with van der Waals surface area (Å²) in [7, 11) is 3.44. The SMILES string of the molecule is COc1ccc(Br)cc1CN(C)C(=O)C1CCCN(C(=O)c2cccs2)C1. The van der Waals surface area contributed by atoms with E-state index in [4.69, 9.17) is 4.74 Å². The third kappa shape index (κ3) is 4.71. The first-order valence-corrected chi connectivity index (χ1v) is 10.6. The van der Waals surface area contributed by atoms with E-state index in [0.29, 0.717) is 19.6 Å². The first kappa shape index (κ1) is 19.9. The number of thiophene rings is 1. The van der Waals surface area contributed by atoms with Gasteiger partial charge in [0.2, 0.25) is 5.91 Å². The Labute approximate surface area is 172 Å². The summed E-state index contributed by atoms with van der Waals surface area (Å²) in [5, 5.41) is 1.90. The minimum Gasteiger partial charge on any atom is -0.496 e. The Bertz CT molecular complexity index is 810. The molecule has 27 heavy (non-hydrogen) atoms. The van der Waals surface area contributed by atoms with Gasteiger partial charge in [-0.3, -0.25) is 9.59 Å². The third-order valence-corrected chi connectivity index (χ3v) is 6.17. The number of ether oxygens (including phenoxy) is 1. The van der Waals surface area contributed by atoms with E-state index in [2.05, 4.69) is 15.9 Å². The lowest BCUT2D eigenvalue weighted by atomic mass is 9.96. The van der Waals surface area contributed by atoms with Crippen LogP contribution in [0.4, 0.5) is 0 Å². The van der Waals surface area contributed by atoms with Gasteiger partial charge in [-0.05, 0) is 42.5 Å². The van der Waals surface area contributed by atoms with Gasteiger partial charge in [0, 0.05) is 36.7 Å². The normalized spacial score (nSPS) is 16.9. The first-order valence-electron chi connectivity index (χ1n) is 8.89. The van der Waals surface area contributed by atoms with Crippen LogP contribution in [0.3, 0.4) is 0 Å². The molecular formula is C20H23BrN2O3S. The topological polar surface area (TPSA) is 49.9 Å². The van der Waals surface area contributed by atoms with E-state index in [1.54, 1.807) is 12.0 Å². The maximum absolute atomic E-state index is 13.0. The maximum Gasteiger partial charge on any atom is 0.263 e. The van der Waals surface area contributed by atoms with E-state index in [-0.39, 0.29) is 17.7 Å². The van der Waals surface area contributed by atoms with Gasteiger partial charge in [0.05, 0.1) is 17.9 Å². The summed E-state index contributed by atoms with van der Waals surface area (Å²) in [6, 6.07) is 9.49. The molecule has 0 spiro atoms. The molecule has 1 aliphatic rings. The Kier molecular flexibility index (Phi) is 6.55. The Balaban J connectivity index is 1.66. The highest BCUT2D eigenvalue weighted by Crippen LogP contribution is 2.26. The smallest absolute Gasteiger partial charge is 0.263 e. The number of likely N-dealkylation sites (tertiary alicyclic amines) is 1. The summed E-state index contributed by atoms with van der Waals surface area (Å²) in [5.74, 6) is 0.696. The van der Waals surface area contributed by atoms with Crippen LogP contribution in [0.25, 0.3) is 0 Å². The van der Waals surface area contributed by atoms with E-state index < -0.39 is 0 Å². The van der Waals surface area contributed by atoms with Crippen LogP contribution in [0, 0.1) is 5.92 Å². The predicted molar refractivity (Wildman–Crippen MR) is 110 cm³/mol. The van der Waals surface area contributed by atoms with Crippen LogP contribution in [0.1, 0.15) is 28.1 Å². The van der Waals surface area contributed by atoms with Gasteiger partial charge in [-0.2, -0.15) is 0 Å². The molecule has 0 aliphatic carbocycles. The second-order valence-electron chi connectivity index (χ2n) is 6.72. The number of rotatable bonds is 5. The van der Waals surface area contributed by atoms with Crippen molar-refractivity contribution < 1.29 is 14.3 Å². The molecule has 1 atom stereocenters. The van der Waals surface area contributed by atoms with Crippen LogP contribution >= 0.6 is 27.3 Å². The van der Waals surface area contributed by atoms with E-state index in [9.17, 15) is 9.59 Å². The van der Waals surface area contributed by atoms with Crippen molar-refractivity contribution in [1.82, 2.24) is 9.80 Å². The summed E-state index contributed by atoms with van der Waals surface area (Å²) >= 11 is 4.91. The lowest BCUT2D eigenvalue weighted by Gasteiger charge is -2.34. The van der Waals surface area contributed by atoms with Crippen LogP contribution in [0.5, 0.6) is 5.75 Å². The van der Waals surface area contributed by atoms with Gasteiger partial charge in [0.15, 0.2) is 0 Å². The van der Waals surface area contributed by atoms with E-state index >= 15 is 0 Å². The number of carbonyl (C=O) groups is 2. The Morgan fingerprint density at radius 2 is 2.19 bits per heavy atom. The number of methoxy groups -OCH3 is 1. The van der Waals surface area contributed by atoms with Crippen molar-refractivity contribution in [3.63, 3.8) is 0 Å². The summed E-state index contributed by atoms with van der Waals surface area (Å²) in [4.78, 5) is 29.9. The van der Waals surface area contributed by atoms with Crippen LogP contribution in [-0.2, 0) is 11.3 Å². The molecule has 1 aromatic heterocycles. The van der Waals surface area contributed by atoms with E-state index in [1.165, 1.54) is 11.3 Å². The molecule has 1 aliphatic heterocycles. The minimum atomic E-state index is -0.161. The van der Waals surface area contributed by atoms with Gasteiger partial charge in [-0.15, -0.1) is 11.3 Å². The third-order valence-electron chi connectivity index (χ3n) is 4.82. The number of benzene rings is 1. The molecule has 144 valence electrons. The van der Waals surface area contributed by atoms with Gasteiger partial charge in [0.25, 0.3) is 5.91 Å². The van der Waals surface area contributed by atoms with Crippen molar-refractivity contribution in [3.05, 3.63) is 50.6 Å². The zero-order valence-electron chi connectivity index (χ0n) is 15.5. The second-order valence-corrected chi connectivity index (χ2v) is 8.58. The molecule has 0 saturated carbocycles. The van der Waals surface area contributed by atoms with Crippen molar-refractivity contribution in [2.45, 2.75) is 19.4 Å². The summed E-state index contributed by atoms with van der Waals surface area (Å²) in [5.41, 5.74) is 0.949. The molecule has 7 heteroatoms. The fraction of sp³-hybridized carbons (Fsp3) is 0.400. The van der Waals surface area contributed by atoms with Crippen molar-refractivity contribution >= 4 is 39.1 Å². The molecule has 2 amide bonds. The molecule has 2 aromatic rings. The Morgan fingerprint density at radius 1 is 1.37 bits per heavy atom. The van der Waals surface area contributed by atoms with Crippen molar-refractivity contribution in [1.29, 1.82) is 0 Å². The summed E-state index contributed by atoms with van der Waals surface area (Å²) in [6.07, 6.45) is 1.66. The average Bonchev–Trinajstić information content (AvgIpc) is 3.22. The zero-order chi connectivity index (χ0) is 19.4. The molecular weight excluding hydrogens is 428 g/mol. The monoisotopic (exact) mass is 450 g/mol. The molecule has 0 radical (unpaired) electrons. The van der Waals surface area contributed by atoms with Gasteiger partial charge in [-0.25, -0.2) is 0 Å². The van der Waals surface area contributed by atoms with E-state index in [0.717, 1.165) is 33.5 Å². The minimum absolute atomic E-state index is 0.0267. The molecule has 5 nitrogen and oxygen atoms in total. The number of halogens is 1. The highest BCUT2D eigenvalue weighted by atomic mass is 79.9. The molecule has 1 saturated heterocycles. The quantitative estimate of drug-likeness (QED) is 0.690. The first-order chi connectivity index (χ1) is 13.0. The number of carbonyl (C=O) groups excluding carboxylic acids is 2. The van der Waals surface area contributed by atoms with Crippen molar-refractivity contribution in [2.75, 3.05) is 27.2 Å². The van der Waals surface area contributed by atoms with Gasteiger partial charge in [0.1, 0.15) is 5.75 Å². The predicted octanol–water partition coefficient (Wildman–Crippen LogP) is 4.03. The fourth-order valence-electron chi connectivity index (χ4n) is 3.44. The Hall–Kier alpha value is -1.86. The number of hydrogen-bond donors (Lipinski definition) is 0. The average molecular weight is 451 g/mol.